The first-order valence-corrected chi connectivity index (χ1v) is 7.07. The zero-order valence-corrected chi connectivity index (χ0v) is 12.5. The molecule has 3 nitrogen and oxygen atoms in total. The molecule has 0 radical (unpaired) electrons. The molecule has 0 amide bonds. The minimum atomic E-state index is 0.208. The van der Waals surface area contributed by atoms with Gasteiger partial charge in [-0.25, -0.2) is 0 Å². The van der Waals surface area contributed by atoms with E-state index in [-0.39, 0.29) is 5.78 Å². The molecule has 2 rings (SSSR count). The van der Waals surface area contributed by atoms with Crippen molar-refractivity contribution in [2.24, 2.45) is 0 Å². The molecule has 0 spiro atoms. The van der Waals surface area contributed by atoms with Crippen LogP contribution in [0.1, 0.15) is 17.3 Å². The fourth-order valence-corrected chi connectivity index (χ4v) is 2.46. The molecule has 1 unspecified atom stereocenters. The zero-order valence-electron chi connectivity index (χ0n) is 10.9. The van der Waals surface area contributed by atoms with Crippen molar-refractivity contribution >= 4 is 21.7 Å². The molecule has 1 aromatic carbocycles. The third-order valence-corrected chi connectivity index (χ3v) is 4.11. The number of likely N-dealkylation sites (N-methyl/N-ethyl adjacent to an activating group) is 1. The summed E-state index contributed by atoms with van der Waals surface area (Å²) in [7, 11) is 2.14. The van der Waals surface area contributed by atoms with Crippen molar-refractivity contribution in [1.82, 2.24) is 9.80 Å². The summed E-state index contributed by atoms with van der Waals surface area (Å²) in [6, 6.07) is 8.12. The highest BCUT2D eigenvalue weighted by Crippen LogP contribution is 2.12. The van der Waals surface area contributed by atoms with E-state index in [2.05, 4.69) is 39.7 Å². The number of ketones is 1. The van der Waals surface area contributed by atoms with E-state index in [0.29, 0.717) is 12.6 Å². The van der Waals surface area contributed by atoms with Gasteiger partial charge in [-0.1, -0.05) is 28.1 Å². The van der Waals surface area contributed by atoms with E-state index in [1.807, 2.05) is 24.3 Å². The van der Waals surface area contributed by atoms with Gasteiger partial charge in [-0.05, 0) is 26.1 Å². The quantitative estimate of drug-likeness (QED) is 0.800. The van der Waals surface area contributed by atoms with Crippen LogP contribution in [-0.2, 0) is 0 Å². The second kappa shape index (κ2) is 5.95. The number of hydrogen-bond acceptors (Lipinski definition) is 3. The van der Waals surface area contributed by atoms with Crippen LogP contribution < -0.4 is 0 Å². The Morgan fingerprint density at radius 1 is 1.33 bits per heavy atom. The number of hydrogen-bond donors (Lipinski definition) is 0. The van der Waals surface area contributed by atoms with Gasteiger partial charge in [0.1, 0.15) is 0 Å². The molecule has 1 aliphatic heterocycles. The maximum absolute atomic E-state index is 12.1. The number of piperazine rings is 1. The largest absolute Gasteiger partial charge is 0.301 e. The van der Waals surface area contributed by atoms with E-state index in [4.69, 9.17) is 0 Å². The van der Waals surface area contributed by atoms with Gasteiger partial charge in [0.25, 0.3) is 0 Å². The lowest BCUT2D eigenvalue weighted by Crippen LogP contribution is -2.51. The van der Waals surface area contributed by atoms with Crippen molar-refractivity contribution in [3.8, 4) is 0 Å². The van der Waals surface area contributed by atoms with Gasteiger partial charge in [-0.15, -0.1) is 0 Å². The average Bonchev–Trinajstić information content (AvgIpc) is 2.34. The van der Waals surface area contributed by atoms with Crippen LogP contribution in [0.25, 0.3) is 0 Å². The summed E-state index contributed by atoms with van der Waals surface area (Å²) >= 11 is 3.38. The molecule has 0 saturated carbocycles. The Hall–Kier alpha value is -0.710. The lowest BCUT2D eigenvalue weighted by Gasteiger charge is -2.37. The number of rotatable bonds is 3. The lowest BCUT2D eigenvalue weighted by molar-refractivity contribution is 0.0786. The number of Topliss-reactive ketones (excluding diaryl/α,β-unsaturated/α-hetero) is 1. The summed E-state index contributed by atoms with van der Waals surface area (Å²) < 4.78 is 1.01. The average molecular weight is 311 g/mol. The Balaban J connectivity index is 1.93. The smallest absolute Gasteiger partial charge is 0.176 e. The molecular weight excluding hydrogens is 292 g/mol. The maximum Gasteiger partial charge on any atom is 0.176 e. The molecule has 1 aliphatic rings. The van der Waals surface area contributed by atoms with Crippen molar-refractivity contribution in [1.29, 1.82) is 0 Å². The zero-order chi connectivity index (χ0) is 13.1. The summed E-state index contributed by atoms with van der Waals surface area (Å²) in [4.78, 5) is 16.7. The first-order valence-electron chi connectivity index (χ1n) is 6.27. The van der Waals surface area contributed by atoms with Crippen molar-refractivity contribution in [3.63, 3.8) is 0 Å². The summed E-state index contributed by atoms with van der Waals surface area (Å²) in [5.41, 5.74) is 0.796. The Bertz CT molecular complexity index is 418. The van der Waals surface area contributed by atoms with E-state index in [1.165, 1.54) is 0 Å². The van der Waals surface area contributed by atoms with Crippen LogP contribution in [0, 0.1) is 0 Å². The van der Waals surface area contributed by atoms with Gasteiger partial charge in [0, 0.05) is 35.7 Å². The fourth-order valence-electron chi connectivity index (χ4n) is 2.20. The third kappa shape index (κ3) is 3.40. The normalized spacial score (nSPS) is 22.1. The summed E-state index contributed by atoms with van der Waals surface area (Å²) in [6.45, 7) is 5.72. The maximum atomic E-state index is 12.1. The summed E-state index contributed by atoms with van der Waals surface area (Å²) in [6.07, 6.45) is 0. The van der Waals surface area contributed by atoms with Gasteiger partial charge in [-0.2, -0.15) is 0 Å². The highest BCUT2D eigenvalue weighted by Gasteiger charge is 2.22. The molecule has 0 bridgehead atoms. The second-order valence-electron chi connectivity index (χ2n) is 4.99. The molecule has 1 atom stereocenters. The van der Waals surface area contributed by atoms with Crippen LogP contribution in [0.15, 0.2) is 28.7 Å². The van der Waals surface area contributed by atoms with Gasteiger partial charge in [0.2, 0.25) is 0 Å². The fraction of sp³-hybridized carbons (Fsp3) is 0.500. The highest BCUT2D eigenvalue weighted by atomic mass is 79.9. The van der Waals surface area contributed by atoms with Crippen molar-refractivity contribution in [2.45, 2.75) is 13.0 Å². The number of nitrogens with zero attached hydrogens (tertiary/aromatic N) is 2. The number of halogens is 1. The van der Waals surface area contributed by atoms with Gasteiger partial charge >= 0.3 is 0 Å². The van der Waals surface area contributed by atoms with Crippen molar-refractivity contribution in [2.75, 3.05) is 33.2 Å². The molecule has 4 heteroatoms. The third-order valence-electron chi connectivity index (χ3n) is 3.58. The Kier molecular flexibility index (Phi) is 4.54. The Morgan fingerprint density at radius 2 is 2.00 bits per heavy atom. The van der Waals surface area contributed by atoms with Crippen LogP contribution in [-0.4, -0.2) is 54.9 Å². The van der Waals surface area contributed by atoms with Gasteiger partial charge in [0.05, 0.1) is 6.54 Å². The first-order chi connectivity index (χ1) is 8.56. The van der Waals surface area contributed by atoms with Gasteiger partial charge in [0.15, 0.2) is 5.78 Å². The Labute approximate surface area is 117 Å². The van der Waals surface area contributed by atoms with E-state index in [0.717, 1.165) is 29.7 Å². The molecule has 1 fully saturated rings. The monoisotopic (exact) mass is 310 g/mol. The van der Waals surface area contributed by atoms with Crippen LogP contribution in [0.2, 0.25) is 0 Å². The van der Waals surface area contributed by atoms with Crippen LogP contribution >= 0.6 is 15.9 Å². The molecule has 1 saturated heterocycles. The molecule has 18 heavy (non-hydrogen) atoms. The summed E-state index contributed by atoms with van der Waals surface area (Å²) in [5, 5.41) is 0. The standard InChI is InChI=1S/C14H19BrN2O/c1-11-9-17(8-7-16(11)2)10-14(18)12-3-5-13(15)6-4-12/h3-6,11H,7-10H2,1-2H3. The van der Waals surface area contributed by atoms with Crippen molar-refractivity contribution in [3.05, 3.63) is 34.3 Å². The van der Waals surface area contributed by atoms with Gasteiger partial charge in [-0.3, -0.25) is 9.69 Å². The molecule has 1 aromatic rings. The van der Waals surface area contributed by atoms with Gasteiger partial charge < -0.3 is 4.90 Å². The van der Waals surface area contributed by atoms with E-state index < -0.39 is 0 Å². The van der Waals surface area contributed by atoms with Crippen LogP contribution in [0.4, 0.5) is 0 Å². The lowest BCUT2D eigenvalue weighted by atomic mass is 10.1. The molecule has 1 heterocycles. The van der Waals surface area contributed by atoms with Crippen LogP contribution in [0.3, 0.4) is 0 Å². The predicted molar refractivity (Wildman–Crippen MR) is 77.0 cm³/mol. The molecule has 0 aliphatic carbocycles. The Morgan fingerprint density at radius 3 is 2.61 bits per heavy atom. The SMILES string of the molecule is CC1CN(CC(=O)c2ccc(Br)cc2)CCN1C. The molecule has 0 N–H and O–H groups in total. The number of carbonyl (C=O) groups excluding carboxylic acids is 1. The minimum absolute atomic E-state index is 0.208. The summed E-state index contributed by atoms with van der Waals surface area (Å²) in [5.74, 6) is 0.208. The first kappa shape index (κ1) is 13.7. The molecule has 0 aromatic heterocycles. The minimum Gasteiger partial charge on any atom is -0.301 e. The number of carbonyl (C=O) groups is 1. The molecule has 98 valence electrons. The second-order valence-corrected chi connectivity index (χ2v) is 5.91. The predicted octanol–water partition coefficient (Wildman–Crippen LogP) is 2.27. The molecular formula is C14H19BrN2O. The topological polar surface area (TPSA) is 23.6 Å². The number of benzene rings is 1. The van der Waals surface area contributed by atoms with Crippen molar-refractivity contribution < 1.29 is 4.79 Å². The van der Waals surface area contributed by atoms with E-state index >= 15 is 0 Å². The highest BCUT2D eigenvalue weighted by molar-refractivity contribution is 9.10. The van der Waals surface area contributed by atoms with E-state index in [9.17, 15) is 4.79 Å². The van der Waals surface area contributed by atoms with Crippen LogP contribution in [0.5, 0.6) is 0 Å². The van der Waals surface area contributed by atoms with E-state index in [1.54, 1.807) is 0 Å².